The Balaban J connectivity index is 2.02. The number of hydrogen-bond acceptors (Lipinski definition) is 4. The van der Waals surface area contributed by atoms with Crippen LogP contribution in [-0.4, -0.2) is 26.3 Å². The zero-order chi connectivity index (χ0) is 14.8. The molecule has 2 heterocycles. The van der Waals surface area contributed by atoms with Crippen LogP contribution in [0.1, 0.15) is 13.8 Å². The van der Waals surface area contributed by atoms with Crippen molar-refractivity contribution in [1.82, 2.24) is 19.7 Å². The van der Waals surface area contributed by atoms with Crippen LogP contribution in [0, 0.1) is 11.7 Å². The number of fused-ring (bicyclic) bond motifs is 1. The Morgan fingerprint density at radius 3 is 2.67 bits per heavy atom. The van der Waals surface area contributed by atoms with Crippen molar-refractivity contribution >= 4 is 16.9 Å². The number of nitrogens with one attached hydrogen (secondary N) is 1. The summed E-state index contributed by atoms with van der Waals surface area (Å²) in [5.41, 5.74) is 1.46. The van der Waals surface area contributed by atoms with Gasteiger partial charge >= 0.3 is 0 Å². The number of halogens is 1. The third kappa shape index (κ3) is 2.69. The Bertz CT molecular complexity index is 748. The van der Waals surface area contributed by atoms with Crippen LogP contribution in [0.4, 0.5) is 10.2 Å². The first-order valence-electron chi connectivity index (χ1n) is 6.83. The second-order valence-electron chi connectivity index (χ2n) is 5.27. The minimum Gasteiger partial charge on any atom is -0.369 e. The van der Waals surface area contributed by atoms with E-state index in [1.807, 2.05) is 0 Å². The lowest BCUT2D eigenvalue weighted by Gasteiger charge is -2.08. The molecule has 0 radical (unpaired) electrons. The molecule has 0 spiro atoms. The highest BCUT2D eigenvalue weighted by atomic mass is 19.1. The van der Waals surface area contributed by atoms with Crippen LogP contribution in [0.15, 0.2) is 36.8 Å². The Morgan fingerprint density at radius 2 is 1.95 bits per heavy atom. The SMILES string of the molecule is CC(C)CNc1ncnc2c1cnn2-c1ccc(F)cc1. The number of hydrogen-bond donors (Lipinski definition) is 1. The molecular weight excluding hydrogens is 269 g/mol. The van der Waals surface area contributed by atoms with Crippen LogP contribution >= 0.6 is 0 Å². The third-order valence-corrected chi connectivity index (χ3v) is 3.11. The Morgan fingerprint density at radius 1 is 1.19 bits per heavy atom. The van der Waals surface area contributed by atoms with Crippen molar-refractivity contribution in [3.05, 3.63) is 42.6 Å². The van der Waals surface area contributed by atoms with E-state index in [1.54, 1.807) is 23.0 Å². The molecule has 1 N–H and O–H groups in total. The fraction of sp³-hybridized carbons (Fsp3) is 0.267. The second kappa shape index (κ2) is 5.47. The summed E-state index contributed by atoms with van der Waals surface area (Å²) in [4.78, 5) is 8.55. The highest BCUT2D eigenvalue weighted by Gasteiger charge is 2.11. The van der Waals surface area contributed by atoms with Gasteiger partial charge in [0, 0.05) is 6.54 Å². The average Bonchev–Trinajstić information content (AvgIpc) is 2.90. The quantitative estimate of drug-likeness (QED) is 0.800. The van der Waals surface area contributed by atoms with E-state index in [0.29, 0.717) is 11.6 Å². The van der Waals surface area contributed by atoms with Gasteiger partial charge in [-0.2, -0.15) is 5.10 Å². The lowest BCUT2D eigenvalue weighted by molar-refractivity contribution is 0.627. The highest BCUT2D eigenvalue weighted by molar-refractivity contribution is 5.87. The normalized spacial score (nSPS) is 11.2. The van der Waals surface area contributed by atoms with Crippen molar-refractivity contribution in [1.29, 1.82) is 0 Å². The first-order chi connectivity index (χ1) is 10.1. The van der Waals surface area contributed by atoms with E-state index < -0.39 is 0 Å². The van der Waals surface area contributed by atoms with Gasteiger partial charge in [-0.05, 0) is 30.2 Å². The van der Waals surface area contributed by atoms with Gasteiger partial charge in [-0.1, -0.05) is 13.8 Å². The summed E-state index contributed by atoms with van der Waals surface area (Å²) < 4.78 is 14.7. The molecule has 0 aliphatic carbocycles. The number of benzene rings is 1. The molecule has 0 bridgehead atoms. The molecule has 0 unspecified atom stereocenters. The monoisotopic (exact) mass is 285 g/mol. The van der Waals surface area contributed by atoms with Gasteiger partial charge in [0.1, 0.15) is 18.0 Å². The molecule has 2 aromatic heterocycles. The van der Waals surface area contributed by atoms with Crippen molar-refractivity contribution in [2.45, 2.75) is 13.8 Å². The molecule has 6 heteroatoms. The molecule has 3 aromatic rings. The van der Waals surface area contributed by atoms with E-state index in [9.17, 15) is 4.39 Å². The van der Waals surface area contributed by atoms with Gasteiger partial charge in [0.15, 0.2) is 5.65 Å². The Labute approximate surface area is 121 Å². The van der Waals surface area contributed by atoms with Gasteiger partial charge in [0.05, 0.1) is 17.3 Å². The summed E-state index contributed by atoms with van der Waals surface area (Å²) in [7, 11) is 0. The molecule has 0 aliphatic rings. The molecule has 21 heavy (non-hydrogen) atoms. The number of aromatic nitrogens is 4. The van der Waals surface area contributed by atoms with Crippen LogP contribution in [0.25, 0.3) is 16.7 Å². The van der Waals surface area contributed by atoms with E-state index in [0.717, 1.165) is 23.4 Å². The molecule has 0 aliphatic heterocycles. The Kier molecular flexibility index (Phi) is 3.51. The second-order valence-corrected chi connectivity index (χ2v) is 5.27. The molecule has 1 aromatic carbocycles. The van der Waals surface area contributed by atoms with Gasteiger partial charge in [-0.15, -0.1) is 0 Å². The lowest BCUT2D eigenvalue weighted by atomic mass is 10.2. The van der Waals surface area contributed by atoms with Gasteiger partial charge < -0.3 is 5.32 Å². The van der Waals surface area contributed by atoms with Crippen LogP contribution in [0.3, 0.4) is 0 Å². The van der Waals surface area contributed by atoms with Crippen molar-refractivity contribution in [3.8, 4) is 5.69 Å². The fourth-order valence-electron chi connectivity index (χ4n) is 2.06. The maximum atomic E-state index is 13.0. The molecule has 108 valence electrons. The van der Waals surface area contributed by atoms with E-state index >= 15 is 0 Å². The maximum Gasteiger partial charge on any atom is 0.168 e. The summed E-state index contributed by atoms with van der Waals surface area (Å²) in [6.45, 7) is 5.09. The minimum absolute atomic E-state index is 0.274. The third-order valence-electron chi connectivity index (χ3n) is 3.11. The van der Waals surface area contributed by atoms with Gasteiger partial charge in [0.2, 0.25) is 0 Å². The molecule has 5 nitrogen and oxygen atoms in total. The maximum absolute atomic E-state index is 13.0. The van der Waals surface area contributed by atoms with Crippen LogP contribution in [0.5, 0.6) is 0 Å². The van der Waals surface area contributed by atoms with Gasteiger partial charge in [-0.25, -0.2) is 19.0 Å². The largest absolute Gasteiger partial charge is 0.369 e. The Hall–Kier alpha value is -2.50. The highest BCUT2D eigenvalue weighted by Crippen LogP contribution is 2.21. The molecule has 0 fully saturated rings. The predicted molar refractivity (Wildman–Crippen MR) is 79.9 cm³/mol. The van der Waals surface area contributed by atoms with Gasteiger partial charge in [0.25, 0.3) is 0 Å². The smallest absolute Gasteiger partial charge is 0.168 e. The topological polar surface area (TPSA) is 55.6 Å². The summed E-state index contributed by atoms with van der Waals surface area (Å²) in [5, 5.41) is 8.48. The average molecular weight is 285 g/mol. The summed E-state index contributed by atoms with van der Waals surface area (Å²) >= 11 is 0. The zero-order valence-corrected chi connectivity index (χ0v) is 11.9. The van der Waals surface area contributed by atoms with E-state index in [4.69, 9.17) is 0 Å². The number of rotatable bonds is 4. The van der Waals surface area contributed by atoms with E-state index in [-0.39, 0.29) is 5.82 Å². The molecule has 0 atom stereocenters. The standard InChI is InChI=1S/C15H16FN5/c1-10(2)7-17-14-13-8-20-21(15(13)19-9-18-14)12-5-3-11(16)4-6-12/h3-6,8-10H,7H2,1-2H3,(H,17,18,19). The van der Waals surface area contributed by atoms with E-state index in [2.05, 4.69) is 34.2 Å². The first-order valence-corrected chi connectivity index (χ1v) is 6.83. The van der Waals surface area contributed by atoms with Crippen molar-refractivity contribution in [3.63, 3.8) is 0 Å². The summed E-state index contributed by atoms with van der Waals surface area (Å²) in [6.07, 6.45) is 3.23. The molecule has 0 saturated carbocycles. The number of nitrogens with zero attached hydrogens (tertiary/aromatic N) is 4. The fourth-order valence-corrected chi connectivity index (χ4v) is 2.06. The molecule has 0 amide bonds. The van der Waals surface area contributed by atoms with Crippen molar-refractivity contribution in [2.75, 3.05) is 11.9 Å². The molecule has 3 rings (SSSR count). The van der Waals surface area contributed by atoms with Crippen LogP contribution < -0.4 is 5.32 Å². The summed E-state index contributed by atoms with van der Waals surface area (Å²) in [5.74, 6) is 1.01. The van der Waals surface area contributed by atoms with Gasteiger partial charge in [-0.3, -0.25) is 0 Å². The number of anilines is 1. The molecular formula is C15H16FN5. The van der Waals surface area contributed by atoms with Crippen molar-refractivity contribution in [2.24, 2.45) is 5.92 Å². The minimum atomic E-state index is -0.274. The summed E-state index contributed by atoms with van der Waals surface area (Å²) in [6, 6.07) is 6.15. The zero-order valence-electron chi connectivity index (χ0n) is 11.9. The first kappa shape index (κ1) is 13.5. The van der Waals surface area contributed by atoms with Crippen molar-refractivity contribution < 1.29 is 4.39 Å². The van der Waals surface area contributed by atoms with Crippen LogP contribution in [-0.2, 0) is 0 Å². The van der Waals surface area contributed by atoms with E-state index in [1.165, 1.54) is 18.5 Å². The molecule has 0 saturated heterocycles. The lowest BCUT2D eigenvalue weighted by Crippen LogP contribution is -2.09. The predicted octanol–water partition coefficient (Wildman–Crippen LogP) is 3.02. The van der Waals surface area contributed by atoms with Crippen LogP contribution in [0.2, 0.25) is 0 Å².